The van der Waals surface area contributed by atoms with Gasteiger partial charge in [0.1, 0.15) is 0 Å². The van der Waals surface area contributed by atoms with Crippen molar-refractivity contribution in [1.29, 1.82) is 0 Å². The molecule has 0 aromatic heterocycles. The molecule has 0 unspecified atom stereocenters. The van der Waals surface area contributed by atoms with Gasteiger partial charge in [-0.15, -0.1) is 0 Å². The van der Waals surface area contributed by atoms with Crippen molar-refractivity contribution in [3.8, 4) is 5.75 Å². The van der Waals surface area contributed by atoms with Crippen LogP contribution in [-0.4, -0.2) is 25.6 Å². The molecule has 1 aliphatic heterocycles. The molecular weight excluding hydrogens is 281 g/mol. The number of nitrogens with one attached hydrogen (secondary N) is 1. The van der Waals surface area contributed by atoms with Crippen molar-refractivity contribution in [2.75, 3.05) is 24.8 Å². The lowest BCUT2D eigenvalue weighted by atomic mass is 10.0. The van der Waals surface area contributed by atoms with Gasteiger partial charge in [0, 0.05) is 0 Å². The van der Waals surface area contributed by atoms with E-state index in [2.05, 4.69) is 10.1 Å². The summed E-state index contributed by atoms with van der Waals surface area (Å²) in [6.07, 6.45) is -4.84. The van der Waals surface area contributed by atoms with Crippen LogP contribution < -0.4 is 15.8 Å². The van der Waals surface area contributed by atoms with E-state index in [1.807, 2.05) is 0 Å². The molecule has 1 aromatic carbocycles. The Hall–Kier alpha value is -2.45. The van der Waals surface area contributed by atoms with E-state index >= 15 is 0 Å². The number of alkyl halides is 3. The third-order valence-corrected chi connectivity index (χ3v) is 2.63. The van der Waals surface area contributed by atoms with Crippen molar-refractivity contribution in [3.05, 3.63) is 17.2 Å². The highest BCUT2D eigenvalue weighted by Gasteiger charge is 2.39. The molecule has 0 aliphatic carbocycles. The molecule has 0 radical (unpaired) electrons. The number of methoxy groups -OCH3 is 1. The van der Waals surface area contributed by atoms with Crippen LogP contribution in [0.1, 0.15) is 15.9 Å². The van der Waals surface area contributed by atoms with Gasteiger partial charge in [0.05, 0.1) is 29.6 Å². The maximum absolute atomic E-state index is 13.0. The molecule has 0 saturated carbocycles. The number of hydrogen-bond donors (Lipinski definition) is 2. The van der Waals surface area contributed by atoms with E-state index in [1.165, 1.54) is 0 Å². The molecule has 1 aliphatic rings. The summed E-state index contributed by atoms with van der Waals surface area (Å²) in [5.41, 5.74) is 2.65. The molecule has 1 amide bonds. The van der Waals surface area contributed by atoms with Crippen LogP contribution in [0.3, 0.4) is 0 Å². The second kappa shape index (κ2) is 4.58. The van der Waals surface area contributed by atoms with Crippen molar-refractivity contribution in [2.24, 2.45) is 0 Å². The Labute approximate surface area is 110 Å². The first-order valence-corrected chi connectivity index (χ1v) is 5.30. The number of nitrogens with two attached hydrogens (primary N) is 1. The Kier molecular flexibility index (Phi) is 3.20. The Morgan fingerprint density at radius 2 is 2.15 bits per heavy atom. The number of carbonyl (C=O) groups excluding carboxylic acids is 2. The molecule has 0 fully saturated rings. The molecule has 0 atom stereocenters. The third-order valence-electron chi connectivity index (χ3n) is 2.63. The van der Waals surface area contributed by atoms with E-state index in [4.69, 9.17) is 10.5 Å². The number of esters is 1. The molecule has 1 heterocycles. The molecule has 0 bridgehead atoms. The van der Waals surface area contributed by atoms with Crippen molar-refractivity contribution < 1.29 is 32.2 Å². The summed E-state index contributed by atoms with van der Waals surface area (Å²) < 4.78 is 48.2. The zero-order valence-electron chi connectivity index (χ0n) is 10.1. The van der Waals surface area contributed by atoms with Crippen LogP contribution in [-0.2, 0) is 15.7 Å². The number of hydrogen-bond acceptors (Lipinski definition) is 5. The molecule has 0 spiro atoms. The Morgan fingerprint density at radius 3 is 2.70 bits per heavy atom. The average Bonchev–Trinajstić information content (AvgIpc) is 2.36. The molecule has 3 N–H and O–H groups in total. The number of amides is 1. The molecule has 6 nitrogen and oxygen atoms in total. The lowest BCUT2D eigenvalue weighted by molar-refractivity contribution is -0.138. The smallest absolute Gasteiger partial charge is 0.417 e. The standard InChI is InChI=1S/C11H9F3N2O4/c1-19-10(18)7-4(11(12,13)14)2-5-9(8(7)15)20-3-6(17)16-5/h2H,3,15H2,1H3,(H,16,17). The van der Waals surface area contributed by atoms with Crippen molar-refractivity contribution in [2.45, 2.75) is 6.18 Å². The first-order valence-electron chi connectivity index (χ1n) is 5.30. The van der Waals surface area contributed by atoms with Crippen LogP contribution in [0.15, 0.2) is 6.07 Å². The van der Waals surface area contributed by atoms with E-state index < -0.39 is 41.5 Å². The quantitative estimate of drug-likeness (QED) is 0.602. The monoisotopic (exact) mass is 290 g/mol. The van der Waals surface area contributed by atoms with Crippen LogP contribution in [0, 0.1) is 0 Å². The fourth-order valence-electron chi connectivity index (χ4n) is 1.80. The lowest BCUT2D eigenvalue weighted by Crippen LogP contribution is -2.28. The second-order valence-electron chi connectivity index (χ2n) is 3.92. The summed E-state index contributed by atoms with van der Waals surface area (Å²) in [7, 11) is 0.935. The topological polar surface area (TPSA) is 90.7 Å². The van der Waals surface area contributed by atoms with E-state index in [-0.39, 0.29) is 11.4 Å². The summed E-state index contributed by atoms with van der Waals surface area (Å²) in [6, 6.07) is 0.592. The molecular formula is C11H9F3N2O4. The van der Waals surface area contributed by atoms with E-state index in [0.29, 0.717) is 6.07 Å². The van der Waals surface area contributed by atoms with E-state index in [1.54, 1.807) is 0 Å². The Morgan fingerprint density at radius 1 is 1.50 bits per heavy atom. The van der Waals surface area contributed by atoms with Crippen LogP contribution in [0.2, 0.25) is 0 Å². The first kappa shape index (κ1) is 14.0. The predicted octanol–water partition coefficient (Wildman–Crippen LogP) is 1.41. The zero-order chi connectivity index (χ0) is 15.1. The number of rotatable bonds is 1. The van der Waals surface area contributed by atoms with Gasteiger partial charge in [0.2, 0.25) is 0 Å². The normalized spacial score (nSPS) is 14.1. The zero-order valence-corrected chi connectivity index (χ0v) is 10.1. The lowest BCUT2D eigenvalue weighted by Gasteiger charge is -2.23. The van der Waals surface area contributed by atoms with Crippen molar-refractivity contribution in [3.63, 3.8) is 0 Å². The van der Waals surface area contributed by atoms with E-state index in [9.17, 15) is 22.8 Å². The molecule has 1 aromatic rings. The summed E-state index contributed by atoms with van der Waals surface area (Å²) in [5.74, 6) is -2.04. The molecule has 2 rings (SSSR count). The van der Waals surface area contributed by atoms with Crippen molar-refractivity contribution >= 4 is 23.3 Å². The third kappa shape index (κ3) is 2.22. The first-order chi connectivity index (χ1) is 9.25. The van der Waals surface area contributed by atoms with Gasteiger partial charge in [0.15, 0.2) is 12.4 Å². The predicted molar refractivity (Wildman–Crippen MR) is 61.3 cm³/mol. The largest absolute Gasteiger partial charge is 0.479 e. The summed E-state index contributed by atoms with van der Waals surface area (Å²) in [6.45, 7) is -0.400. The van der Waals surface area contributed by atoms with Gasteiger partial charge in [0.25, 0.3) is 5.91 Å². The van der Waals surface area contributed by atoms with Crippen LogP contribution >= 0.6 is 0 Å². The Balaban J connectivity index is 2.72. The fourth-order valence-corrected chi connectivity index (χ4v) is 1.80. The van der Waals surface area contributed by atoms with Crippen LogP contribution in [0.25, 0.3) is 0 Å². The highest BCUT2D eigenvalue weighted by molar-refractivity contribution is 6.04. The van der Waals surface area contributed by atoms with E-state index in [0.717, 1.165) is 7.11 Å². The minimum atomic E-state index is -4.84. The molecule has 9 heteroatoms. The second-order valence-corrected chi connectivity index (χ2v) is 3.92. The fraction of sp³-hybridized carbons (Fsp3) is 0.273. The van der Waals surface area contributed by atoms with Gasteiger partial charge in [-0.2, -0.15) is 13.2 Å². The Bertz CT molecular complexity index is 598. The van der Waals surface area contributed by atoms with Crippen LogP contribution in [0.4, 0.5) is 24.5 Å². The van der Waals surface area contributed by atoms with Gasteiger partial charge in [-0.1, -0.05) is 0 Å². The minimum absolute atomic E-state index is 0.182. The number of ether oxygens (including phenoxy) is 2. The molecule has 20 heavy (non-hydrogen) atoms. The highest BCUT2D eigenvalue weighted by atomic mass is 19.4. The van der Waals surface area contributed by atoms with Gasteiger partial charge < -0.3 is 20.5 Å². The van der Waals surface area contributed by atoms with Crippen LogP contribution in [0.5, 0.6) is 5.75 Å². The summed E-state index contributed by atoms with van der Waals surface area (Å²) in [4.78, 5) is 22.6. The van der Waals surface area contributed by atoms with Gasteiger partial charge >= 0.3 is 12.1 Å². The molecule has 0 saturated heterocycles. The number of fused-ring (bicyclic) bond motifs is 1. The van der Waals surface area contributed by atoms with Crippen molar-refractivity contribution in [1.82, 2.24) is 0 Å². The van der Waals surface area contributed by atoms with Gasteiger partial charge in [-0.25, -0.2) is 4.79 Å². The number of benzene rings is 1. The highest BCUT2D eigenvalue weighted by Crippen LogP contribution is 2.44. The average molecular weight is 290 g/mol. The molecule has 108 valence electrons. The summed E-state index contributed by atoms with van der Waals surface area (Å²) in [5, 5.41) is 2.20. The number of anilines is 2. The number of carbonyl (C=O) groups is 2. The summed E-state index contributed by atoms with van der Waals surface area (Å²) >= 11 is 0. The van der Waals surface area contributed by atoms with Gasteiger partial charge in [-0.05, 0) is 6.07 Å². The SMILES string of the molecule is COC(=O)c1c(C(F)(F)F)cc2c(c1N)OCC(=O)N2. The minimum Gasteiger partial charge on any atom is -0.479 e. The number of halogens is 3. The van der Waals surface area contributed by atoms with Gasteiger partial charge in [-0.3, -0.25) is 4.79 Å². The maximum Gasteiger partial charge on any atom is 0.417 e. The maximum atomic E-state index is 13.0. The number of nitrogen functional groups attached to an aromatic ring is 1.